The Morgan fingerprint density at radius 3 is 2.33 bits per heavy atom. The Morgan fingerprint density at radius 1 is 0.972 bits per heavy atom. The fourth-order valence-electron chi connectivity index (χ4n) is 6.85. The maximum Gasteiger partial charge on any atom is 0.333 e. The highest BCUT2D eigenvalue weighted by Crippen LogP contribution is 2.34. The van der Waals surface area contributed by atoms with Gasteiger partial charge in [0.25, 0.3) is 5.56 Å². The summed E-state index contributed by atoms with van der Waals surface area (Å²) >= 11 is 1.86. The van der Waals surface area contributed by atoms with Gasteiger partial charge in [0.2, 0.25) is 5.91 Å². The van der Waals surface area contributed by atoms with Crippen LogP contribution in [0.4, 0.5) is 4.39 Å². The van der Waals surface area contributed by atoms with Crippen LogP contribution in [0.5, 0.6) is 0 Å². The van der Waals surface area contributed by atoms with Crippen molar-refractivity contribution in [2.45, 2.75) is 69.5 Å². The van der Waals surface area contributed by atoms with Gasteiger partial charge in [-0.1, -0.05) is 0 Å². The van der Waals surface area contributed by atoms with Gasteiger partial charge in [-0.05, 0) is 87.9 Å². The number of halogens is 1. The zero-order valence-electron chi connectivity index (χ0n) is 20.5. The van der Waals surface area contributed by atoms with Crippen LogP contribution < -0.4 is 16.6 Å². The first-order valence-electron chi connectivity index (χ1n) is 13.4. The Kier molecular flexibility index (Phi) is 6.66. The molecule has 1 aliphatic carbocycles. The van der Waals surface area contributed by atoms with Gasteiger partial charge in [0.1, 0.15) is 11.5 Å². The average Bonchev–Trinajstić information content (AvgIpc) is 2.91. The minimum atomic E-state index is -0.574. The molecule has 36 heavy (non-hydrogen) atoms. The largest absolute Gasteiger partial charge is 0.353 e. The van der Waals surface area contributed by atoms with E-state index in [0.717, 1.165) is 75.9 Å². The molecular weight excluding hydrogens is 481 g/mol. The van der Waals surface area contributed by atoms with Gasteiger partial charge in [-0.2, -0.15) is 11.8 Å². The first-order valence-corrected chi connectivity index (χ1v) is 14.6. The molecule has 0 aromatic carbocycles. The second-order valence-electron chi connectivity index (χ2n) is 11.0. The van der Waals surface area contributed by atoms with Crippen molar-refractivity contribution in [1.82, 2.24) is 24.3 Å². The number of thioether (sulfide) groups is 1. The standard InChI is InChI=1S/C26H34FN5O3S/c27-17-13-21-23(28-14-17)31(20-7-11-36-12-8-20)26(35)32(25(21)34)19-3-1-18(2-4-19)29-24(33)22-15-30-9-5-16(22)6-10-30/h13-14,16,18-20,22H,1-12,15H2,(H,29,33). The van der Waals surface area contributed by atoms with Crippen molar-refractivity contribution >= 4 is 28.7 Å². The van der Waals surface area contributed by atoms with Crippen molar-refractivity contribution in [2.24, 2.45) is 11.8 Å². The van der Waals surface area contributed by atoms with E-state index in [1.807, 2.05) is 11.8 Å². The molecule has 4 saturated heterocycles. The molecule has 4 aliphatic heterocycles. The molecule has 1 amide bonds. The molecule has 6 heterocycles. The van der Waals surface area contributed by atoms with Gasteiger partial charge in [-0.25, -0.2) is 14.2 Å². The summed E-state index contributed by atoms with van der Waals surface area (Å²) in [5, 5.41) is 3.45. The third-order valence-corrected chi connectivity index (χ3v) is 9.93. The molecule has 0 radical (unpaired) electrons. The Bertz CT molecular complexity index is 1260. The van der Waals surface area contributed by atoms with Gasteiger partial charge in [-0.3, -0.25) is 18.7 Å². The topological polar surface area (TPSA) is 89.2 Å². The predicted molar refractivity (Wildman–Crippen MR) is 138 cm³/mol. The number of carbonyl (C=O) groups is 1. The summed E-state index contributed by atoms with van der Waals surface area (Å²) in [5.41, 5.74) is -0.496. The molecule has 1 unspecified atom stereocenters. The minimum Gasteiger partial charge on any atom is -0.353 e. The van der Waals surface area contributed by atoms with Gasteiger partial charge < -0.3 is 10.2 Å². The maximum atomic E-state index is 14.1. The van der Waals surface area contributed by atoms with Crippen LogP contribution in [0, 0.1) is 17.7 Å². The van der Waals surface area contributed by atoms with Crippen LogP contribution in [0.2, 0.25) is 0 Å². The number of nitrogens with one attached hydrogen (secondary N) is 1. The molecule has 194 valence electrons. The normalized spacial score (nSPS) is 31.0. The fraction of sp³-hybridized carbons (Fsp3) is 0.692. The highest BCUT2D eigenvalue weighted by molar-refractivity contribution is 7.99. The lowest BCUT2D eigenvalue weighted by atomic mass is 9.78. The first-order chi connectivity index (χ1) is 17.5. The Labute approximate surface area is 213 Å². The van der Waals surface area contributed by atoms with E-state index in [9.17, 15) is 18.8 Å². The first kappa shape index (κ1) is 24.2. The Morgan fingerprint density at radius 2 is 1.67 bits per heavy atom. The van der Waals surface area contributed by atoms with Crippen molar-refractivity contribution in [1.29, 1.82) is 0 Å². The molecule has 1 saturated carbocycles. The summed E-state index contributed by atoms with van der Waals surface area (Å²) in [4.78, 5) is 46.8. The number of carbonyl (C=O) groups excluding carboxylic acids is 1. The lowest BCUT2D eigenvalue weighted by Crippen LogP contribution is -2.54. The van der Waals surface area contributed by atoms with E-state index in [0.29, 0.717) is 18.8 Å². The van der Waals surface area contributed by atoms with E-state index in [1.165, 1.54) is 10.6 Å². The molecule has 5 aliphatic rings. The molecule has 0 spiro atoms. The molecule has 7 rings (SSSR count). The monoisotopic (exact) mass is 515 g/mol. The number of hydrogen-bond donors (Lipinski definition) is 1. The lowest BCUT2D eigenvalue weighted by molar-refractivity contribution is -0.132. The molecule has 1 N–H and O–H groups in total. The summed E-state index contributed by atoms with van der Waals surface area (Å²) in [6.07, 6.45) is 7.68. The van der Waals surface area contributed by atoms with Crippen LogP contribution >= 0.6 is 11.8 Å². The molecule has 5 fully saturated rings. The third kappa shape index (κ3) is 4.40. The molecule has 2 aromatic heterocycles. The zero-order valence-corrected chi connectivity index (χ0v) is 21.4. The van der Waals surface area contributed by atoms with Crippen molar-refractivity contribution in [3.05, 3.63) is 38.9 Å². The average molecular weight is 516 g/mol. The number of hydrogen-bond acceptors (Lipinski definition) is 6. The van der Waals surface area contributed by atoms with Crippen LogP contribution in [0.3, 0.4) is 0 Å². The summed E-state index contributed by atoms with van der Waals surface area (Å²) in [6.45, 7) is 3.08. The molecule has 1 atom stereocenters. The van der Waals surface area contributed by atoms with Crippen molar-refractivity contribution in [2.75, 3.05) is 31.1 Å². The highest BCUT2D eigenvalue weighted by Gasteiger charge is 2.39. The maximum absolute atomic E-state index is 14.1. The molecule has 8 nitrogen and oxygen atoms in total. The fourth-order valence-corrected chi connectivity index (χ4v) is 7.93. The van der Waals surface area contributed by atoms with Crippen molar-refractivity contribution in [3.63, 3.8) is 0 Å². The minimum absolute atomic E-state index is 0.0387. The van der Waals surface area contributed by atoms with Crippen LogP contribution in [0.15, 0.2) is 21.9 Å². The van der Waals surface area contributed by atoms with Crippen molar-refractivity contribution < 1.29 is 9.18 Å². The van der Waals surface area contributed by atoms with Crippen LogP contribution in [-0.4, -0.2) is 62.1 Å². The zero-order chi connectivity index (χ0) is 24.8. The quantitative estimate of drug-likeness (QED) is 0.674. The van der Waals surface area contributed by atoms with E-state index < -0.39 is 11.4 Å². The number of aromatic nitrogens is 3. The summed E-state index contributed by atoms with van der Waals surface area (Å²) < 4.78 is 17.1. The second-order valence-corrected chi connectivity index (χ2v) is 12.2. The predicted octanol–water partition coefficient (Wildman–Crippen LogP) is 2.71. The number of amides is 1. The highest BCUT2D eigenvalue weighted by atomic mass is 32.2. The van der Waals surface area contributed by atoms with Gasteiger partial charge in [0.15, 0.2) is 0 Å². The number of pyridine rings is 1. The number of fused-ring (bicyclic) bond motifs is 4. The molecule has 2 bridgehead atoms. The SMILES string of the molecule is O=C(NC1CCC(n2c(=O)c3cc(F)cnc3n(C3CCSCC3)c2=O)CC1)C1CN2CCC1CC2. The summed E-state index contributed by atoms with van der Waals surface area (Å²) in [5.74, 6) is 2.06. The lowest BCUT2D eigenvalue weighted by Gasteiger charge is -2.44. The van der Waals surface area contributed by atoms with Gasteiger partial charge in [-0.15, -0.1) is 0 Å². The molecule has 10 heteroatoms. The van der Waals surface area contributed by atoms with E-state index in [2.05, 4.69) is 15.2 Å². The van der Waals surface area contributed by atoms with Gasteiger partial charge >= 0.3 is 5.69 Å². The summed E-state index contributed by atoms with van der Waals surface area (Å²) in [7, 11) is 0. The second kappa shape index (κ2) is 9.93. The van der Waals surface area contributed by atoms with Gasteiger partial charge in [0, 0.05) is 24.7 Å². The van der Waals surface area contributed by atoms with Crippen molar-refractivity contribution in [3.8, 4) is 0 Å². The third-order valence-electron chi connectivity index (χ3n) is 8.88. The number of nitrogens with zero attached hydrogens (tertiary/aromatic N) is 4. The molecular formula is C26H34FN5O3S. The Balaban J connectivity index is 1.23. The van der Waals surface area contributed by atoms with Crippen LogP contribution in [0.25, 0.3) is 11.0 Å². The molecule has 2 aromatic rings. The Hall–Kier alpha value is -2.20. The van der Waals surface area contributed by atoms with E-state index >= 15 is 0 Å². The van der Waals surface area contributed by atoms with E-state index in [4.69, 9.17) is 0 Å². The number of piperidine rings is 3. The van der Waals surface area contributed by atoms with E-state index in [-0.39, 0.29) is 46.7 Å². The van der Waals surface area contributed by atoms with Crippen LogP contribution in [0.1, 0.15) is 63.5 Å². The van der Waals surface area contributed by atoms with Crippen LogP contribution in [-0.2, 0) is 4.79 Å². The van der Waals surface area contributed by atoms with Gasteiger partial charge in [0.05, 0.1) is 17.5 Å². The summed E-state index contributed by atoms with van der Waals surface area (Å²) in [6, 6.07) is 0.987. The smallest absolute Gasteiger partial charge is 0.333 e. The number of rotatable bonds is 4. The van der Waals surface area contributed by atoms with E-state index in [1.54, 1.807) is 4.57 Å².